The lowest BCUT2D eigenvalue weighted by Crippen LogP contribution is -2.30. The Morgan fingerprint density at radius 3 is 3.00 bits per heavy atom. The molecule has 0 aromatic carbocycles. The van der Waals surface area contributed by atoms with Crippen LogP contribution in [-0.2, 0) is 17.8 Å². The Hall–Kier alpha value is -2.75. The van der Waals surface area contributed by atoms with E-state index in [1.807, 2.05) is 6.92 Å². The van der Waals surface area contributed by atoms with Gasteiger partial charge < -0.3 is 9.72 Å². The van der Waals surface area contributed by atoms with Gasteiger partial charge in [0.25, 0.3) is 5.56 Å². The third-order valence-corrected chi connectivity index (χ3v) is 4.28. The van der Waals surface area contributed by atoms with E-state index in [1.54, 1.807) is 10.9 Å². The van der Waals surface area contributed by atoms with Gasteiger partial charge in [-0.3, -0.25) is 14.3 Å². The van der Waals surface area contributed by atoms with E-state index < -0.39 is 11.2 Å². The maximum absolute atomic E-state index is 12.0. The number of H-pyrrole nitrogens is 2. The molecule has 0 saturated carbocycles. The number of rotatable bonds is 5. The molecular weight excluding hydrogens is 326 g/mol. The number of nitrogens with one attached hydrogen (secondary N) is 2. The Morgan fingerprint density at radius 1 is 1.36 bits per heavy atom. The van der Waals surface area contributed by atoms with E-state index >= 15 is 0 Å². The first-order valence-electron chi connectivity index (χ1n) is 8.40. The molecule has 0 amide bonds. The van der Waals surface area contributed by atoms with E-state index in [0.717, 1.165) is 25.9 Å². The number of imidazole rings is 1. The van der Waals surface area contributed by atoms with Crippen molar-refractivity contribution in [3.05, 3.63) is 27.0 Å². The van der Waals surface area contributed by atoms with Crippen LogP contribution in [0.2, 0.25) is 0 Å². The fourth-order valence-corrected chi connectivity index (χ4v) is 3.09. The first-order chi connectivity index (χ1) is 12.2. The average molecular weight is 345 g/mol. The van der Waals surface area contributed by atoms with Gasteiger partial charge >= 0.3 is 5.69 Å². The van der Waals surface area contributed by atoms with Crippen LogP contribution >= 0.6 is 0 Å². The maximum Gasteiger partial charge on any atom is 0.330 e. The third-order valence-electron chi connectivity index (χ3n) is 4.28. The van der Waals surface area contributed by atoms with E-state index in [0.29, 0.717) is 30.3 Å². The van der Waals surface area contributed by atoms with Crippen molar-refractivity contribution in [1.82, 2.24) is 34.5 Å². The Morgan fingerprint density at radius 2 is 2.24 bits per heavy atom. The normalized spacial score (nSPS) is 17.6. The van der Waals surface area contributed by atoms with Crippen molar-refractivity contribution in [3.63, 3.8) is 0 Å². The summed E-state index contributed by atoms with van der Waals surface area (Å²) in [5.41, 5.74) is 0.164. The maximum atomic E-state index is 12.0. The quantitative estimate of drug-likeness (QED) is 0.684. The van der Waals surface area contributed by atoms with Crippen LogP contribution in [-0.4, -0.2) is 47.2 Å². The summed E-state index contributed by atoms with van der Waals surface area (Å²) in [7, 11) is 0. The van der Waals surface area contributed by atoms with Gasteiger partial charge in [0.15, 0.2) is 11.5 Å². The summed E-state index contributed by atoms with van der Waals surface area (Å²) in [4.78, 5) is 33.7. The highest BCUT2D eigenvalue weighted by Crippen LogP contribution is 2.17. The fraction of sp³-hybridized carbons (Fsp3) is 0.533. The van der Waals surface area contributed by atoms with Gasteiger partial charge in [-0.05, 0) is 19.3 Å². The van der Waals surface area contributed by atoms with E-state index in [2.05, 4.69) is 25.3 Å². The lowest BCUT2D eigenvalue weighted by Gasteiger charge is -2.07. The Balaban J connectivity index is 1.71. The topological polar surface area (TPSA) is 123 Å². The molecule has 1 unspecified atom stereocenters. The molecule has 0 spiro atoms. The highest BCUT2D eigenvalue weighted by Gasteiger charge is 2.19. The molecule has 1 atom stereocenters. The molecule has 4 rings (SSSR count). The van der Waals surface area contributed by atoms with Crippen LogP contribution in [0.1, 0.15) is 26.2 Å². The van der Waals surface area contributed by atoms with Crippen molar-refractivity contribution < 1.29 is 4.74 Å². The summed E-state index contributed by atoms with van der Waals surface area (Å²) >= 11 is 0. The summed E-state index contributed by atoms with van der Waals surface area (Å²) in [5, 5.41) is 8.21. The minimum Gasteiger partial charge on any atom is -0.376 e. The van der Waals surface area contributed by atoms with Gasteiger partial charge in [0.1, 0.15) is 11.2 Å². The highest BCUT2D eigenvalue weighted by molar-refractivity contribution is 5.74. The van der Waals surface area contributed by atoms with Crippen LogP contribution in [0.4, 0.5) is 0 Å². The van der Waals surface area contributed by atoms with E-state index in [9.17, 15) is 9.59 Å². The minimum absolute atomic E-state index is 0.155. The van der Waals surface area contributed by atoms with Crippen molar-refractivity contribution in [1.29, 1.82) is 0 Å². The molecule has 10 heteroatoms. The third kappa shape index (κ3) is 2.88. The second-order valence-electron chi connectivity index (χ2n) is 6.16. The number of aromatic amines is 2. The summed E-state index contributed by atoms with van der Waals surface area (Å²) in [6.45, 7) is 3.84. The Labute approximate surface area is 141 Å². The van der Waals surface area contributed by atoms with Gasteiger partial charge in [-0.25, -0.2) is 14.5 Å². The van der Waals surface area contributed by atoms with Gasteiger partial charge in [0.2, 0.25) is 0 Å². The number of ether oxygens (including phenoxy) is 1. The van der Waals surface area contributed by atoms with Gasteiger partial charge in [0.05, 0.1) is 18.8 Å². The zero-order chi connectivity index (χ0) is 17.4. The summed E-state index contributed by atoms with van der Waals surface area (Å²) in [5.74, 6) is 0.412. The van der Waals surface area contributed by atoms with Gasteiger partial charge in [-0.2, -0.15) is 0 Å². The average Bonchev–Trinajstić information content (AvgIpc) is 3.32. The molecule has 1 fully saturated rings. The van der Waals surface area contributed by atoms with Crippen molar-refractivity contribution in [3.8, 4) is 11.5 Å². The molecule has 10 nitrogen and oxygen atoms in total. The predicted molar refractivity (Wildman–Crippen MR) is 89.3 cm³/mol. The molecule has 4 heterocycles. The predicted octanol–water partition coefficient (Wildman–Crippen LogP) is 0.260. The second kappa shape index (κ2) is 6.28. The molecule has 0 aliphatic carbocycles. The molecule has 0 radical (unpaired) electrons. The second-order valence-corrected chi connectivity index (χ2v) is 6.16. The van der Waals surface area contributed by atoms with E-state index in [4.69, 9.17) is 4.74 Å². The van der Waals surface area contributed by atoms with Crippen LogP contribution in [0.3, 0.4) is 0 Å². The summed E-state index contributed by atoms with van der Waals surface area (Å²) in [6, 6.07) is 0. The van der Waals surface area contributed by atoms with Crippen molar-refractivity contribution in [2.45, 2.75) is 45.4 Å². The molecule has 2 N–H and O–H groups in total. The van der Waals surface area contributed by atoms with Crippen molar-refractivity contribution >= 4 is 11.2 Å². The monoisotopic (exact) mass is 345 g/mol. The van der Waals surface area contributed by atoms with Crippen molar-refractivity contribution in [2.24, 2.45) is 0 Å². The Kier molecular flexibility index (Phi) is 3.96. The molecule has 1 aliphatic heterocycles. The molecule has 1 aliphatic rings. The summed E-state index contributed by atoms with van der Waals surface area (Å²) < 4.78 is 8.76. The summed E-state index contributed by atoms with van der Waals surface area (Å²) in [6.07, 6.45) is 4.74. The molecule has 3 aromatic rings. The smallest absolute Gasteiger partial charge is 0.330 e. The van der Waals surface area contributed by atoms with E-state index in [-0.39, 0.29) is 11.6 Å². The van der Waals surface area contributed by atoms with Gasteiger partial charge in [-0.15, -0.1) is 5.10 Å². The van der Waals surface area contributed by atoms with Gasteiger partial charge in [-0.1, -0.05) is 12.1 Å². The molecule has 0 bridgehead atoms. The highest BCUT2D eigenvalue weighted by atomic mass is 16.5. The largest absolute Gasteiger partial charge is 0.376 e. The standard InChI is InChI=1S/C15H19N7O3/c1-2-5-22-13-11(14(23)18-15(22)24)16-12(17-13)10-8-21(20-19-10)7-9-4-3-6-25-9/h8-9H,2-7H2,1H3,(H,16,17)(H,18,23,24). The molecule has 132 valence electrons. The zero-order valence-electron chi connectivity index (χ0n) is 13.9. The van der Waals surface area contributed by atoms with Crippen LogP contribution in [0, 0.1) is 0 Å². The molecule has 1 saturated heterocycles. The van der Waals surface area contributed by atoms with Crippen molar-refractivity contribution in [2.75, 3.05) is 6.61 Å². The van der Waals surface area contributed by atoms with Gasteiger partial charge in [0, 0.05) is 13.2 Å². The number of hydrogen-bond acceptors (Lipinski definition) is 6. The number of nitrogens with zero attached hydrogens (tertiary/aromatic N) is 5. The van der Waals surface area contributed by atoms with Crippen LogP contribution in [0.25, 0.3) is 22.7 Å². The van der Waals surface area contributed by atoms with Crippen LogP contribution in [0.5, 0.6) is 0 Å². The first kappa shape index (κ1) is 15.8. The molecule has 25 heavy (non-hydrogen) atoms. The Bertz CT molecular complexity index is 1010. The number of fused-ring (bicyclic) bond motifs is 1. The minimum atomic E-state index is -0.488. The number of hydrogen-bond donors (Lipinski definition) is 2. The zero-order valence-corrected chi connectivity index (χ0v) is 13.9. The molecule has 3 aromatic heterocycles. The fourth-order valence-electron chi connectivity index (χ4n) is 3.09. The van der Waals surface area contributed by atoms with Crippen LogP contribution in [0.15, 0.2) is 15.8 Å². The molecular formula is C15H19N7O3. The lowest BCUT2D eigenvalue weighted by molar-refractivity contribution is 0.0935. The lowest BCUT2D eigenvalue weighted by atomic mass is 10.2. The van der Waals surface area contributed by atoms with Crippen LogP contribution < -0.4 is 11.2 Å². The number of aromatic nitrogens is 7. The van der Waals surface area contributed by atoms with E-state index in [1.165, 1.54) is 4.57 Å². The SMILES string of the molecule is CCCn1c(=O)[nH]c(=O)c2[nH]c(-c3cn(CC4CCCO4)nn3)nc21. The number of aryl methyl sites for hydroxylation is 1. The first-order valence-corrected chi connectivity index (χ1v) is 8.40.